The average molecular weight is 295 g/mol. The Balaban J connectivity index is 2.15. The number of nitrogens with two attached hydrogens (primary N) is 1. The van der Waals surface area contributed by atoms with Crippen LogP contribution in [0.3, 0.4) is 0 Å². The van der Waals surface area contributed by atoms with Crippen LogP contribution in [0.1, 0.15) is 11.1 Å². The van der Waals surface area contributed by atoms with Gasteiger partial charge < -0.3 is 11.1 Å². The zero-order chi connectivity index (χ0) is 13.8. The molecule has 0 unspecified atom stereocenters. The Labute approximate surface area is 121 Å². The second-order valence-electron chi connectivity index (χ2n) is 4.03. The molecule has 0 aromatic heterocycles. The fraction of sp³-hybridized carbons (Fsp3) is 0.0714. The maximum atomic E-state index is 12.8. The highest BCUT2D eigenvalue weighted by atomic mass is 35.5. The third-order valence-corrected chi connectivity index (χ3v) is 3.10. The first kappa shape index (κ1) is 13.8. The van der Waals surface area contributed by atoms with Crippen LogP contribution >= 0.6 is 23.8 Å². The highest BCUT2D eigenvalue weighted by molar-refractivity contribution is 7.80. The Morgan fingerprint density at radius 2 is 1.89 bits per heavy atom. The van der Waals surface area contributed by atoms with Gasteiger partial charge in [-0.1, -0.05) is 36.0 Å². The Morgan fingerprint density at radius 3 is 2.53 bits per heavy atom. The monoisotopic (exact) mass is 294 g/mol. The van der Waals surface area contributed by atoms with E-state index in [1.807, 2.05) is 6.07 Å². The summed E-state index contributed by atoms with van der Waals surface area (Å²) in [5, 5.41) is 3.79. The van der Waals surface area contributed by atoms with E-state index in [1.165, 1.54) is 12.1 Å². The Kier molecular flexibility index (Phi) is 4.35. The molecular formula is C14H12ClFN2S. The van der Waals surface area contributed by atoms with Gasteiger partial charge in [0.25, 0.3) is 0 Å². The van der Waals surface area contributed by atoms with Gasteiger partial charge in [0.05, 0.1) is 0 Å². The summed E-state index contributed by atoms with van der Waals surface area (Å²) >= 11 is 10.9. The molecule has 0 radical (unpaired) electrons. The number of hydrogen-bond donors (Lipinski definition) is 2. The number of benzene rings is 2. The zero-order valence-corrected chi connectivity index (χ0v) is 11.6. The summed E-state index contributed by atoms with van der Waals surface area (Å²) in [6, 6.07) is 11.6. The highest BCUT2D eigenvalue weighted by Crippen LogP contribution is 2.21. The van der Waals surface area contributed by atoms with Gasteiger partial charge in [-0.25, -0.2) is 4.39 Å². The van der Waals surface area contributed by atoms with Crippen molar-refractivity contribution in [2.75, 3.05) is 5.32 Å². The summed E-state index contributed by atoms with van der Waals surface area (Å²) in [6.45, 7) is 0.553. The van der Waals surface area contributed by atoms with E-state index in [9.17, 15) is 4.39 Å². The van der Waals surface area contributed by atoms with Crippen LogP contribution in [-0.4, -0.2) is 4.99 Å². The van der Waals surface area contributed by atoms with Gasteiger partial charge in [0, 0.05) is 22.8 Å². The maximum absolute atomic E-state index is 12.8. The lowest BCUT2D eigenvalue weighted by Gasteiger charge is -2.11. The first-order chi connectivity index (χ1) is 9.06. The van der Waals surface area contributed by atoms with Crippen molar-refractivity contribution in [2.45, 2.75) is 6.54 Å². The molecule has 0 aliphatic carbocycles. The molecule has 0 bridgehead atoms. The van der Waals surface area contributed by atoms with Gasteiger partial charge in [-0.15, -0.1) is 0 Å². The number of thiocarbonyl (C=S) groups is 1. The highest BCUT2D eigenvalue weighted by Gasteiger charge is 2.06. The molecule has 2 aromatic carbocycles. The van der Waals surface area contributed by atoms with E-state index in [-0.39, 0.29) is 10.8 Å². The Bertz CT molecular complexity index is 599. The third-order valence-electron chi connectivity index (χ3n) is 2.64. The van der Waals surface area contributed by atoms with Crippen molar-refractivity contribution in [3.8, 4) is 0 Å². The van der Waals surface area contributed by atoms with Crippen molar-refractivity contribution in [2.24, 2.45) is 5.73 Å². The maximum Gasteiger partial charge on any atom is 0.123 e. The third kappa shape index (κ3) is 3.66. The average Bonchev–Trinajstić information content (AvgIpc) is 2.39. The lowest BCUT2D eigenvalue weighted by molar-refractivity contribution is 0.627. The molecule has 98 valence electrons. The Morgan fingerprint density at radius 1 is 1.21 bits per heavy atom. The number of halogens is 2. The van der Waals surface area contributed by atoms with Crippen LogP contribution in [0.25, 0.3) is 0 Å². The molecule has 2 nitrogen and oxygen atoms in total. The largest absolute Gasteiger partial charge is 0.389 e. The van der Waals surface area contributed by atoms with E-state index in [0.29, 0.717) is 17.1 Å². The topological polar surface area (TPSA) is 38.0 Å². The molecule has 2 aromatic rings. The van der Waals surface area contributed by atoms with Gasteiger partial charge in [-0.3, -0.25) is 0 Å². The van der Waals surface area contributed by atoms with Gasteiger partial charge in [0.1, 0.15) is 10.8 Å². The SMILES string of the molecule is NC(=S)c1cc(Cl)ccc1NCc1ccc(F)cc1. The second kappa shape index (κ2) is 5.99. The lowest BCUT2D eigenvalue weighted by atomic mass is 10.1. The summed E-state index contributed by atoms with van der Waals surface area (Å²) in [6.07, 6.45) is 0. The van der Waals surface area contributed by atoms with E-state index < -0.39 is 0 Å². The number of nitrogens with one attached hydrogen (secondary N) is 1. The number of hydrogen-bond acceptors (Lipinski definition) is 2. The zero-order valence-electron chi connectivity index (χ0n) is 9.99. The molecule has 0 heterocycles. The van der Waals surface area contributed by atoms with Crippen LogP contribution in [0.4, 0.5) is 10.1 Å². The summed E-state index contributed by atoms with van der Waals surface area (Å²) in [5.41, 5.74) is 8.12. The van der Waals surface area contributed by atoms with E-state index >= 15 is 0 Å². The molecule has 0 fully saturated rings. The molecule has 0 saturated heterocycles. The minimum Gasteiger partial charge on any atom is -0.389 e. The van der Waals surface area contributed by atoms with Gasteiger partial charge in [0.15, 0.2) is 0 Å². The Hall–Kier alpha value is -1.65. The summed E-state index contributed by atoms with van der Waals surface area (Å²) in [7, 11) is 0. The first-order valence-electron chi connectivity index (χ1n) is 5.64. The fourth-order valence-corrected chi connectivity index (χ4v) is 2.02. The standard InChI is InChI=1S/C14H12ClFN2S/c15-10-3-6-13(12(7-10)14(17)19)18-8-9-1-4-11(16)5-2-9/h1-7,18H,8H2,(H2,17,19). The molecule has 0 spiro atoms. The molecule has 0 atom stereocenters. The second-order valence-corrected chi connectivity index (χ2v) is 4.91. The van der Waals surface area contributed by atoms with Crippen molar-refractivity contribution in [3.63, 3.8) is 0 Å². The van der Waals surface area contributed by atoms with Gasteiger partial charge in [0.2, 0.25) is 0 Å². The summed E-state index contributed by atoms with van der Waals surface area (Å²) < 4.78 is 12.8. The molecule has 5 heteroatoms. The van der Waals surface area contributed by atoms with E-state index in [0.717, 1.165) is 11.3 Å². The number of anilines is 1. The van der Waals surface area contributed by atoms with Gasteiger partial charge >= 0.3 is 0 Å². The molecular weight excluding hydrogens is 283 g/mol. The van der Waals surface area contributed by atoms with Crippen LogP contribution in [0.5, 0.6) is 0 Å². The number of rotatable bonds is 4. The predicted octanol–water partition coefficient (Wildman–Crippen LogP) is 3.73. The van der Waals surface area contributed by atoms with Crippen LogP contribution < -0.4 is 11.1 Å². The molecule has 0 amide bonds. The normalized spacial score (nSPS) is 10.2. The quantitative estimate of drug-likeness (QED) is 0.844. The summed E-state index contributed by atoms with van der Waals surface area (Å²) in [4.78, 5) is 0.282. The van der Waals surface area contributed by atoms with Crippen LogP contribution in [-0.2, 0) is 6.54 Å². The van der Waals surface area contributed by atoms with E-state index in [4.69, 9.17) is 29.6 Å². The molecule has 0 aliphatic rings. The van der Waals surface area contributed by atoms with Crippen molar-refractivity contribution >= 4 is 34.5 Å². The molecule has 3 N–H and O–H groups in total. The van der Waals surface area contributed by atoms with Crippen molar-refractivity contribution < 1.29 is 4.39 Å². The van der Waals surface area contributed by atoms with E-state index in [1.54, 1.807) is 24.3 Å². The van der Waals surface area contributed by atoms with Crippen molar-refractivity contribution in [1.29, 1.82) is 0 Å². The van der Waals surface area contributed by atoms with Crippen molar-refractivity contribution in [1.82, 2.24) is 0 Å². The van der Waals surface area contributed by atoms with Crippen LogP contribution in [0.15, 0.2) is 42.5 Å². The smallest absolute Gasteiger partial charge is 0.123 e. The molecule has 0 aliphatic heterocycles. The fourth-order valence-electron chi connectivity index (χ4n) is 1.67. The molecule has 0 saturated carbocycles. The molecule has 2 rings (SSSR count). The predicted molar refractivity (Wildman–Crippen MR) is 81.1 cm³/mol. The van der Waals surface area contributed by atoms with Gasteiger partial charge in [-0.2, -0.15) is 0 Å². The summed E-state index contributed by atoms with van der Waals surface area (Å²) in [5.74, 6) is -0.251. The van der Waals surface area contributed by atoms with Crippen LogP contribution in [0, 0.1) is 5.82 Å². The lowest BCUT2D eigenvalue weighted by Crippen LogP contribution is -2.13. The van der Waals surface area contributed by atoms with E-state index in [2.05, 4.69) is 5.32 Å². The van der Waals surface area contributed by atoms with Crippen molar-refractivity contribution in [3.05, 3.63) is 64.4 Å². The minimum atomic E-state index is -0.251. The first-order valence-corrected chi connectivity index (χ1v) is 6.42. The molecule has 19 heavy (non-hydrogen) atoms. The van der Waals surface area contributed by atoms with Crippen LogP contribution in [0.2, 0.25) is 5.02 Å². The van der Waals surface area contributed by atoms with Gasteiger partial charge in [-0.05, 0) is 35.9 Å². The minimum absolute atomic E-state index is 0.251.